The molecule has 1 rings (SSSR count). The molecule has 0 atom stereocenters. The second-order valence-corrected chi connectivity index (χ2v) is 2.56. The molecule has 1 N–H and O–H groups in total. The molecule has 10 heavy (non-hydrogen) atoms. The maximum absolute atomic E-state index is 3.95. The smallest absolute Gasteiger partial charge is 0.111 e. The number of hydrazone groups is 1. The van der Waals surface area contributed by atoms with Crippen LogP contribution in [0.1, 0.15) is 19.3 Å². The number of rotatable bonds is 2. The first-order chi connectivity index (χ1) is 4.93. The van der Waals surface area contributed by atoms with Gasteiger partial charge in [0.15, 0.2) is 0 Å². The van der Waals surface area contributed by atoms with E-state index in [1.165, 1.54) is 32.4 Å². The zero-order chi connectivity index (χ0) is 7.23. The van der Waals surface area contributed by atoms with Crippen molar-refractivity contribution in [3.8, 4) is 0 Å². The van der Waals surface area contributed by atoms with E-state index in [1.807, 2.05) is 13.4 Å². The van der Waals surface area contributed by atoms with Crippen molar-refractivity contribution < 1.29 is 0 Å². The zero-order valence-corrected chi connectivity index (χ0v) is 6.51. The Hall–Kier alpha value is -0.730. The SMILES string of the molecule is CNN=CN1CCCCC1. The van der Waals surface area contributed by atoms with Crippen molar-refractivity contribution in [3.63, 3.8) is 0 Å². The minimum Gasteiger partial charge on any atom is -0.361 e. The van der Waals surface area contributed by atoms with E-state index < -0.39 is 0 Å². The van der Waals surface area contributed by atoms with Gasteiger partial charge in [0, 0.05) is 20.1 Å². The lowest BCUT2D eigenvalue weighted by Gasteiger charge is -2.23. The van der Waals surface area contributed by atoms with Crippen molar-refractivity contribution in [1.29, 1.82) is 0 Å². The molecule has 0 radical (unpaired) electrons. The summed E-state index contributed by atoms with van der Waals surface area (Å²) >= 11 is 0. The highest BCUT2D eigenvalue weighted by atomic mass is 15.3. The lowest BCUT2D eigenvalue weighted by Crippen LogP contribution is -2.28. The second-order valence-electron chi connectivity index (χ2n) is 2.56. The van der Waals surface area contributed by atoms with Crippen LogP contribution in [0.3, 0.4) is 0 Å². The van der Waals surface area contributed by atoms with Crippen LogP contribution >= 0.6 is 0 Å². The Bertz CT molecular complexity index is 105. The van der Waals surface area contributed by atoms with Gasteiger partial charge in [-0.05, 0) is 19.3 Å². The van der Waals surface area contributed by atoms with Crippen LogP contribution in [0.15, 0.2) is 5.10 Å². The van der Waals surface area contributed by atoms with Crippen molar-refractivity contribution in [2.45, 2.75) is 19.3 Å². The lowest BCUT2D eigenvalue weighted by molar-refractivity contribution is 0.349. The van der Waals surface area contributed by atoms with Crippen LogP contribution in [0, 0.1) is 0 Å². The zero-order valence-electron chi connectivity index (χ0n) is 6.51. The number of piperidine rings is 1. The molecule has 1 saturated heterocycles. The summed E-state index contributed by atoms with van der Waals surface area (Å²) in [6.07, 6.45) is 5.90. The molecule has 0 unspecified atom stereocenters. The van der Waals surface area contributed by atoms with Crippen LogP contribution in [0.4, 0.5) is 0 Å². The minimum absolute atomic E-state index is 1.17. The monoisotopic (exact) mass is 141 g/mol. The molecule has 3 heteroatoms. The predicted octanol–water partition coefficient (Wildman–Crippen LogP) is 0.635. The first-order valence-corrected chi connectivity index (χ1v) is 3.87. The van der Waals surface area contributed by atoms with Gasteiger partial charge < -0.3 is 10.3 Å². The van der Waals surface area contributed by atoms with Crippen LogP contribution < -0.4 is 5.43 Å². The van der Waals surface area contributed by atoms with Crippen LogP contribution in [-0.2, 0) is 0 Å². The van der Waals surface area contributed by atoms with Gasteiger partial charge in [-0.2, -0.15) is 5.10 Å². The van der Waals surface area contributed by atoms with Crippen molar-refractivity contribution in [3.05, 3.63) is 0 Å². The van der Waals surface area contributed by atoms with E-state index in [9.17, 15) is 0 Å². The fraction of sp³-hybridized carbons (Fsp3) is 0.857. The molecule has 0 bridgehead atoms. The molecule has 0 aromatic heterocycles. The molecule has 1 aliphatic rings. The highest BCUT2D eigenvalue weighted by molar-refractivity contribution is 5.54. The van der Waals surface area contributed by atoms with Crippen LogP contribution in [-0.4, -0.2) is 31.4 Å². The third kappa shape index (κ3) is 2.25. The van der Waals surface area contributed by atoms with E-state index in [2.05, 4.69) is 15.4 Å². The van der Waals surface area contributed by atoms with Crippen LogP contribution in [0.25, 0.3) is 0 Å². The van der Waals surface area contributed by atoms with Crippen molar-refractivity contribution >= 4 is 6.34 Å². The average Bonchev–Trinajstić information content (AvgIpc) is 2.03. The van der Waals surface area contributed by atoms with Gasteiger partial charge >= 0.3 is 0 Å². The van der Waals surface area contributed by atoms with Gasteiger partial charge in [-0.1, -0.05) is 0 Å². The summed E-state index contributed by atoms with van der Waals surface area (Å²) in [4.78, 5) is 2.25. The summed E-state index contributed by atoms with van der Waals surface area (Å²) in [7, 11) is 1.82. The Morgan fingerprint density at radius 3 is 2.60 bits per heavy atom. The summed E-state index contributed by atoms with van der Waals surface area (Å²) in [5.41, 5.74) is 2.74. The standard InChI is InChI=1S/C7H15N3/c1-8-9-7-10-5-3-2-4-6-10/h7-8H,2-6H2,1H3. The molecule has 1 aliphatic heterocycles. The average molecular weight is 141 g/mol. The van der Waals surface area contributed by atoms with E-state index in [0.29, 0.717) is 0 Å². The van der Waals surface area contributed by atoms with E-state index in [4.69, 9.17) is 0 Å². The summed E-state index contributed by atoms with van der Waals surface area (Å²) < 4.78 is 0. The summed E-state index contributed by atoms with van der Waals surface area (Å²) in [5, 5.41) is 3.95. The van der Waals surface area contributed by atoms with Gasteiger partial charge in [-0.25, -0.2) is 0 Å². The second kappa shape index (κ2) is 4.14. The molecule has 0 aromatic rings. The van der Waals surface area contributed by atoms with E-state index in [0.717, 1.165) is 0 Å². The molecule has 58 valence electrons. The van der Waals surface area contributed by atoms with E-state index >= 15 is 0 Å². The molecule has 0 saturated carbocycles. The Balaban J connectivity index is 2.19. The summed E-state index contributed by atoms with van der Waals surface area (Å²) in [6.45, 7) is 2.34. The Morgan fingerprint density at radius 1 is 1.30 bits per heavy atom. The fourth-order valence-corrected chi connectivity index (χ4v) is 1.17. The highest BCUT2D eigenvalue weighted by Crippen LogP contribution is 2.05. The molecule has 0 amide bonds. The number of nitrogens with one attached hydrogen (secondary N) is 1. The molecule has 0 aromatic carbocycles. The lowest BCUT2D eigenvalue weighted by atomic mass is 10.1. The summed E-state index contributed by atoms with van der Waals surface area (Å²) in [5.74, 6) is 0. The van der Waals surface area contributed by atoms with Crippen molar-refractivity contribution in [2.75, 3.05) is 20.1 Å². The van der Waals surface area contributed by atoms with Crippen LogP contribution in [0.5, 0.6) is 0 Å². The van der Waals surface area contributed by atoms with Gasteiger partial charge in [0.25, 0.3) is 0 Å². The highest BCUT2D eigenvalue weighted by Gasteiger charge is 2.04. The topological polar surface area (TPSA) is 27.6 Å². The molecule has 1 fully saturated rings. The Morgan fingerprint density at radius 2 is 2.00 bits per heavy atom. The largest absolute Gasteiger partial charge is 0.361 e. The van der Waals surface area contributed by atoms with Gasteiger partial charge in [-0.15, -0.1) is 0 Å². The predicted molar refractivity (Wildman–Crippen MR) is 43.0 cm³/mol. The van der Waals surface area contributed by atoms with E-state index in [-0.39, 0.29) is 0 Å². The van der Waals surface area contributed by atoms with Gasteiger partial charge in [0.2, 0.25) is 0 Å². The van der Waals surface area contributed by atoms with E-state index in [1.54, 1.807) is 0 Å². The first-order valence-electron chi connectivity index (χ1n) is 3.87. The molecule has 3 nitrogen and oxygen atoms in total. The maximum atomic E-state index is 3.95. The minimum atomic E-state index is 1.17. The Labute approximate surface area is 62.1 Å². The fourth-order valence-electron chi connectivity index (χ4n) is 1.17. The molecule has 1 heterocycles. The van der Waals surface area contributed by atoms with Crippen LogP contribution in [0.2, 0.25) is 0 Å². The molecule has 0 aliphatic carbocycles. The van der Waals surface area contributed by atoms with Gasteiger partial charge in [-0.3, -0.25) is 0 Å². The molecule has 0 spiro atoms. The third-order valence-electron chi connectivity index (χ3n) is 1.74. The normalized spacial score (nSPS) is 19.9. The number of hydrogen-bond donors (Lipinski definition) is 1. The first kappa shape index (κ1) is 7.38. The number of nitrogens with zero attached hydrogens (tertiary/aromatic N) is 2. The molecular formula is C7H15N3. The number of likely N-dealkylation sites (tertiary alicyclic amines) is 1. The van der Waals surface area contributed by atoms with Gasteiger partial charge in [0.1, 0.15) is 6.34 Å². The number of hydrogen-bond acceptors (Lipinski definition) is 2. The third-order valence-corrected chi connectivity index (χ3v) is 1.74. The molecular weight excluding hydrogens is 126 g/mol. The quantitative estimate of drug-likeness (QED) is 0.347. The van der Waals surface area contributed by atoms with Crippen molar-refractivity contribution in [1.82, 2.24) is 10.3 Å². The van der Waals surface area contributed by atoms with Gasteiger partial charge in [0.05, 0.1) is 0 Å². The maximum Gasteiger partial charge on any atom is 0.111 e. The Kier molecular flexibility index (Phi) is 3.06. The summed E-state index contributed by atoms with van der Waals surface area (Å²) in [6, 6.07) is 0. The van der Waals surface area contributed by atoms with Crippen molar-refractivity contribution in [2.24, 2.45) is 5.10 Å².